The van der Waals surface area contributed by atoms with Gasteiger partial charge in [0.2, 0.25) is 0 Å². The molecule has 0 amide bonds. The molecule has 1 N–H and O–H groups in total. The quantitative estimate of drug-likeness (QED) is 0.763. The molecule has 0 aliphatic carbocycles. The van der Waals surface area contributed by atoms with Crippen LogP contribution >= 0.6 is 0 Å². The van der Waals surface area contributed by atoms with Crippen LogP contribution in [0.5, 0.6) is 5.75 Å². The van der Waals surface area contributed by atoms with Gasteiger partial charge in [-0.25, -0.2) is 4.68 Å². The Hall–Kier alpha value is -3.47. The van der Waals surface area contributed by atoms with E-state index in [4.69, 9.17) is 10.00 Å². The van der Waals surface area contributed by atoms with E-state index in [2.05, 4.69) is 25.8 Å². The summed E-state index contributed by atoms with van der Waals surface area (Å²) in [4.78, 5) is 0. The Kier molecular flexibility index (Phi) is 4.11. The fourth-order valence-corrected chi connectivity index (χ4v) is 1.91. The van der Waals surface area contributed by atoms with Gasteiger partial charge in [-0.3, -0.25) is 0 Å². The van der Waals surface area contributed by atoms with E-state index in [9.17, 15) is 0 Å². The number of hydrogen-bond acceptors (Lipinski definition) is 7. The Bertz CT molecular complexity index is 818. The zero-order chi connectivity index (χ0) is 16.1. The van der Waals surface area contributed by atoms with Crippen LogP contribution in [0, 0.1) is 11.3 Å². The van der Waals surface area contributed by atoms with Gasteiger partial charge in [0.15, 0.2) is 5.69 Å². The molecule has 0 unspecified atom stereocenters. The van der Waals surface area contributed by atoms with Crippen LogP contribution in [0.2, 0.25) is 0 Å². The minimum Gasteiger partial charge on any atom is -0.497 e. The van der Waals surface area contributed by atoms with Gasteiger partial charge in [-0.2, -0.15) is 5.26 Å². The standard InChI is InChI=1S/C15H13N7O/c1-23-14-5-3-13(4-6-14)22-10-12(19-21-22)9-17-15-7-2-11(8-16)18-20-15/h2-7,10H,9H2,1H3,(H,17,20). The summed E-state index contributed by atoms with van der Waals surface area (Å²) in [6, 6.07) is 12.7. The van der Waals surface area contributed by atoms with Gasteiger partial charge in [0.25, 0.3) is 0 Å². The average Bonchev–Trinajstić information content (AvgIpc) is 3.09. The summed E-state index contributed by atoms with van der Waals surface area (Å²) in [5, 5.41) is 27.6. The molecule has 0 saturated heterocycles. The van der Waals surface area contributed by atoms with Crippen molar-refractivity contribution in [1.82, 2.24) is 25.2 Å². The first kappa shape index (κ1) is 14.5. The van der Waals surface area contributed by atoms with Gasteiger partial charge < -0.3 is 10.1 Å². The summed E-state index contributed by atoms with van der Waals surface area (Å²) in [5.74, 6) is 1.36. The van der Waals surface area contributed by atoms with Crippen molar-refractivity contribution in [3.63, 3.8) is 0 Å². The van der Waals surface area contributed by atoms with Gasteiger partial charge in [0, 0.05) is 0 Å². The Balaban J connectivity index is 1.65. The lowest BCUT2D eigenvalue weighted by atomic mass is 10.3. The Morgan fingerprint density at radius 1 is 1.13 bits per heavy atom. The molecule has 0 radical (unpaired) electrons. The van der Waals surface area contributed by atoms with Gasteiger partial charge in [-0.05, 0) is 36.4 Å². The molecule has 114 valence electrons. The largest absolute Gasteiger partial charge is 0.497 e. The van der Waals surface area contributed by atoms with Crippen LogP contribution in [-0.4, -0.2) is 32.3 Å². The van der Waals surface area contributed by atoms with E-state index in [1.165, 1.54) is 0 Å². The lowest BCUT2D eigenvalue weighted by Crippen LogP contribution is -2.03. The number of nitriles is 1. The third kappa shape index (κ3) is 3.41. The molecule has 0 aliphatic heterocycles. The molecule has 2 aromatic heterocycles. The molecule has 0 fully saturated rings. The van der Waals surface area contributed by atoms with Crippen molar-refractivity contribution in [2.24, 2.45) is 0 Å². The third-order valence-corrected chi connectivity index (χ3v) is 3.11. The fourth-order valence-electron chi connectivity index (χ4n) is 1.91. The zero-order valence-electron chi connectivity index (χ0n) is 12.3. The molecule has 2 heterocycles. The van der Waals surface area contributed by atoms with Crippen LogP contribution in [0.1, 0.15) is 11.4 Å². The smallest absolute Gasteiger partial charge is 0.163 e. The molecular formula is C15H13N7O. The highest BCUT2D eigenvalue weighted by Gasteiger charge is 2.04. The summed E-state index contributed by atoms with van der Waals surface area (Å²) >= 11 is 0. The van der Waals surface area contributed by atoms with Gasteiger partial charge in [-0.1, -0.05) is 5.21 Å². The van der Waals surface area contributed by atoms with Crippen molar-refractivity contribution in [1.29, 1.82) is 5.26 Å². The predicted octanol–water partition coefficient (Wildman–Crippen LogP) is 1.55. The summed E-state index contributed by atoms with van der Waals surface area (Å²) in [5.41, 5.74) is 1.93. The van der Waals surface area contributed by atoms with Gasteiger partial charge in [-0.15, -0.1) is 15.3 Å². The highest BCUT2D eigenvalue weighted by atomic mass is 16.5. The second-order valence-electron chi connectivity index (χ2n) is 4.62. The topological polar surface area (TPSA) is 102 Å². The number of aromatic nitrogens is 5. The van der Waals surface area contributed by atoms with Crippen molar-refractivity contribution in [2.75, 3.05) is 12.4 Å². The van der Waals surface area contributed by atoms with E-state index in [1.54, 1.807) is 23.9 Å². The lowest BCUT2D eigenvalue weighted by Gasteiger charge is -2.02. The van der Waals surface area contributed by atoms with Crippen LogP contribution in [0.15, 0.2) is 42.6 Å². The first-order valence-electron chi connectivity index (χ1n) is 6.82. The molecule has 0 saturated carbocycles. The minimum absolute atomic E-state index is 0.279. The van der Waals surface area contributed by atoms with Gasteiger partial charge in [0.05, 0.1) is 25.5 Å². The van der Waals surface area contributed by atoms with Crippen LogP contribution in [0.3, 0.4) is 0 Å². The number of nitrogens with one attached hydrogen (secondary N) is 1. The molecule has 0 bridgehead atoms. The highest BCUT2D eigenvalue weighted by molar-refractivity contribution is 5.38. The van der Waals surface area contributed by atoms with E-state index in [0.29, 0.717) is 12.4 Å². The molecular weight excluding hydrogens is 294 g/mol. The maximum atomic E-state index is 8.68. The maximum Gasteiger partial charge on any atom is 0.163 e. The van der Waals surface area contributed by atoms with E-state index in [-0.39, 0.29) is 5.69 Å². The van der Waals surface area contributed by atoms with Crippen molar-refractivity contribution in [3.05, 3.63) is 54.0 Å². The minimum atomic E-state index is 0.279. The normalized spacial score (nSPS) is 10.1. The summed E-state index contributed by atoms with van der Waals surface area (Å²) in [6.07, 6.45) is 1.83. The number of benzene rings is 1. The van der Waals surface area contributed by atoms with Crippen molar-refractivity contribution in [3.8, 4) is 17.5 Å². The van der Waals surface area contributed by atoms with Crippen LogP contribution in [0.4, 0.5) is 5.82 Å². The summed E-state index contributed by atoms with van der Waals surface area (Å²) in [6.45, 7) is 0.455. The molecule has 8 heteroatoms. The van der Waals surface area contributed by atoms with E-state index in [0.717, 1.165) is 17.1 Å². The predicted molar refractivity (Wildman–Crippen MR) is 82.0 cm³/mol. The first-order valence-corrected chi connectivity index (χ1v) is 6.82. The van der Waals surface area contributed by atoms with Crippen molar-refractivity contribution < 1.29 is 4.74 Å². The van der Waals surface area contributed by atoms with E-state index in [1.807, 2.05) is 36.5 Å². The van der Waals surface area contributed by atoms with Crippen LogP contribution < -0.4 is 10.1 Å². The SMILES string of the molecule is COc1ccc(-n2cc(CNc3ccc(C#N)nn3)nn2)cc1. The fraction of sp³-hybridized carbons (Fsp3) is 0.133. The lowest BCUT2D eigenvalue weighted by molar-refractivity contribution is 0.414. The maximum absolute atomic E-state index is 8.68. The molecule has 8 nitrogen and oxygen atoms in total. The second-order valence-corrected chi connectivity index (χ2v) is 4.62. The summed E-state index contributed by atoms with van der Waals surface area (Å²) < 4.78 is 6.81. The van der Waals surface area contributed by atoms with Crippen molar-refractivity contribution >= 4 is 5.82 Å². The van der Waals surface area contributed by atoms with Crippen LogP contribution in [-0.2, 0) is 6.54 Å². The molecule has 3 aromatic rings. The van der Waals surface area contributed by atoms with Crippen LogP contribution in [0.25, 0.3) is 5.69 Å². The number of ether oxygens (including phenoxy) is 1. The molecule has 0 spiro atoms. The highest BCUT2D eigenvalue weighted by Crippen LogP contribution is 2.14. The first-order chi connectivity index (χ1) is 11.3. The monoisotopic (exact) mass is 307 g/mol. The Morgan fingerprint density at radius 2 is 1.96 bits per heavy atom. The van der Waals surface area contributed by atoms with Gasteiger partial charge in [0.1, 0.15) is 23.3 Å². The molecule has 23 heavy (non-hydrogen) atoms. The van der Waals surface area contributed by atoms with Crippen molar-refractivity contribution in [2.45, 2.75) is 6.54 Å². The number of anilines is 1. The summed E-state index contributed by atoms with van der Waals surface area (Å²) in [7, 11) is 1.63. The molecule has 0 atom stereocenters. The third-order valence-electron chi connectivity index (χ3n) is 3.11. The van der Waals surface area contributed by atoms with E-state index >= 15 is 0 Å². The number of nitrogens with zero attached hydrogens (tertiary/aromatic N) is 6. The molecule has 1 aromatic carbocycles. The van der Waals surface area contributed by atoms with Gasteiger partial charge >= 0.3 is 0 Å². The zero-order valence-corrected chi connectivity index (χ0v) is 12.3. The number of methoxy groups -OCH3 is 1. The van der Waals surface area contributed by atoms with E-state index < -0.39 is 0 Å². The second kappa shape index (κ2) is 6.53. The number of rotatable bonds is 5. The molecule has 3 rings (SSSR count). The molecule has 0 aliphatic rings. The number of hydrogen-bond donors (Lipinski definition) is 1. The average molecular weight is 307 g/mol. The Labute approximate surface area is 132 Å². The Morgan fingerprint density at radius 3 is 2.61 bits per heavy atom.